The fourth-order valence-corrected chi connectivity index (χ4v) is 4.80. The van der Waals surface area contributed by atoms with Crippen LogP contribution in [0.1, 0.15) is 0 Å². The van der Waals surface area contributed by atoms with Crippen molar-refractivity contribution in [3.63, 3.8) is 0 Å². The van der Waals surface area contributed by atoms with Gasteiger partial charge in [-0.3, -0.25) is 4.98 Å². The van der Waals surface area contributed by atoms with Crippen molar-refractivity contribution in [3.8, 4) is 0 Å². The molecule has 0 aliphatic heterocycles. The van der Waals surface area contributed by atoms with E-state index in [2.05, 4.69) is 60.7 Å². The lowest BCUT2D eigenvalue weighted by Gasteiger charge is -2.01. The van der Waals surface area contributed by atoms with Gasteiger partial charge >= 0.3 is 0 Å². The molecule has 0 atom stereocenters. The van der Waals surface area contributed by atoms with E-state index in [0.717, 1.165) is 16.6 Å². The van der Waals surface area contributed by atoms with Gasteiger partial charge in [0.25, 0.3) is 0 Å². The molecule has 2 nitrogen and oxygen atoms in total. The first-order valence-corrected chi connectivity index (χ1v) is 8.87. The first-order chi connectivity index (χ1) is 12.9. The van der Waals surface area contributed by atoms with Crippen LogP contribution in [0.15, 0.2) is 72.9 Å². The summed E-state index contributed by atoms with van der Waals surface area (Å²) >= 11 is 0. The van der Waals surface area contributed by atoms with Crippen molar-refractivity contribution in [2.24, 2.45) is 0 Å². The van der Waals surface area contributed by atoms with E-state index in [-0.39, 0.29) is 0 Å². The largest absolute Gasteiger partial charge is 0.255 e. The summed E-state index contributed by atoms with van der Waals surface area (Å²) in [5.74, 6) is 0. The van der Waals surface area contributed by atoms with Gasteiger partial charge in [0, 0.05) is 33.1 Å². The number of hydrogen-bond donors (Lipinski definition) is 0. The minimum absolute atomic E-state index is 1.03. The lowest BCUT2D eigenvalue weighted by atomic mass is 10.1. The van der Waals surface area contributed by atoms with E-state index in [1.54, 1.807) is 0 Å². The molecule has 2 heterocycles. The quantitative estimate of drug-likeness (QED) is 0.328. The van der Waals surface area contributed by atoms with Crippen LogP contribution < -0.4 is 0 Å². The van der Waals surface area contributed by atoms with Gasteiger partial charge in [-0.25, -0.2) is 4.98 Å². The molecule has 0 amide bonds. The molecule has 0 aliphatic rings. The van der Waals surface area contributed by atoms with Crippen molar-refractivity contribution < 1.29 is 0 Å². The number of rotatable bonds is 0. The Morgan fingerprint density at radius 1 is 0.500 bits per heavy atom. The molecule has 26 heavy (non-hydrogen) atoms. The molecule has 2 aromatic heterocycles. The highest BCUT2D eigenvalue weighted by Gasteiger charge is 2.21. The van der Waals surface area contributed by atoms with Gasteiger partial charge in [0.15, 0.2) is 0 Å². The van der Waals surface area contributed by atoms with E-state index in [9.17, 15) is 0 Å². The zero-order chi connectivity index (χ0) is 16.8. The van der Waals surface area contributed by atoms with Crippen LogP contribution >= 0.6 is 0 Å². The van der Waals surface area contributed by atoms with E-state index < -0.39 is 0 Å². The van der Waals surface area contributed by atoms with Crippen LogP contribution in [0.3, 0.4) is 0 Å². The maximum Gasteiger partial charge on any atom is 0.0808 e. The Morgan fingerprint density at radius 2 is 1.27 bits per heavy atom. The molecule has 0 saturated carbocycles. The molecule has 0 N–H and O–H groups in total. The van der Waals surface area contributed by atoms with Gasteiger partial charge in [-0.15, -0.1) is 0 Å². The zero-order valence-corrected chi connectivity index (χ0v) is 13.8. The van der Waals surface area contributed by atoms with Crippen LogP contribution in [0.2, 0.25) is 0 Å². The normalized spacial score (nSPS) is 12.6. The van der Waals surface area contributed by atoms with Gasteiger partial charge in [0.1, 0.15) is 0 Å². The average Bonchev–Trinajstić information content (AvgIpc) is 3.20. The first kappa shape index (κ1) is 12.8. The van der Waals surface area contributed by atoms with Gasteiger partial charge in [0.2, 0.25) is 0 Å². The number of pyridine rings is 2. The smallest absolute Gasteiger partial charge is 0.0808 e. The Balaban J connectivity index is 1.99. The molecular weight excluding hydrogens is 316 g/mol. The predicted octanol–water partition coefficient (Wildman–Crippen LogP) is 6.27. The molecule has 0 fully saturated rings. The van der Waals surface area contributed by atoms with E-state index in [1.165, 1.54) is 48.5 Å². The van der Waals surface area contributed by atoms with Gasteiger partial charge in [-0.2, -0.15) is 0 Å². The highest BCUT2D eigenvalue weighted by atomic mass is 14.7. The van der Waals surface area contributed by atoms with Gasteiger partial charge < -0.3 is 0 Å². The lowest BCUT2D eigenvalue weighted by Crippen LogP contribution is -1.82. The van der Waals surface area contributed by atoms with Crippen LogP contribution in [0.25, 0.3) is 65.0 Å². The SMILES string of the molecule is c1ccc2c(c1)c1nccc3nc4c5cccc6cccc(c65)c4c2c31. The minimum Gasteiger partial charge on any atom is -0.255 e. The molecule has 0 bridgehead atoms. The van der Waals surface area contributed by atoms with E-state index in [1.807, 2.05) is 12.3 Å². The number of hydrogen-bond acceptors (Lipinski definition) is 2. The number of nitrogens with zero attached hydrogens (tertiary/aromatic N) is 2. The summed E-state index contributed by atoms with van der Waals surface area (Å²) in [4.78, 5) is 9.80. The lowest BCUT2D eigenvalue weighted by molar-refractivity contribution is 1.42. The zero-order valence-electron chi connectivity index (χ0n) is 13.8. The summed E-state index contributed by atoms with van der Waals surface area (Å²) in [7, 11) is 0. The molecule has 2 heteroatoms. The predicted molar refractivity (Wildman–Crippen MR) is 109 cm³/mol. The monoisotopic (exact) mass is 328 g/mol. The van der Waals surface area contributed by atoms with E-state index >= 15 is 0 Å². The Labute approximate surface area is 148 Å². The second-order valence-corrected chi connectivity index (χ2v) is 7.02. The molecule has 0 spiro atoms. The number of aromatic nitrogens is 2. The maximum absolute atomic E-state index is 5.10. The van der Waals surface area contributed by atoms with Gasteiger partial charge in [0.05, 0.1) is 16.6 Å². The molecule has 0 unspecified atom stereocenters. The van der Waals surface area contributed by atoms with E-state index in [0.29, 0.717) is 0 Å². The van der Waals surface area contributed by atoms with Crippen LogP contribution in [0.4, 0.5) is 0 Å². The highest BCUT2D eigenvalue weighted by Crippen LogP contribution is 2.46. The second kappa shape index (κ2) is 4.17. The van der Waals surface area contributed by atoms with Crippen molar-refractivity contribution in [1.29, 1.82) is 0 Å². The van der Waals surface area contributed by atoms with Crippen molar-refractivity contribution in [2.75, 3.05) is 0 Å². The number of benzene rings is 3. The third-order valence-electron chi connectivity index (χ3n) is 5.78. The molecule has 7 rings (SSSR count). The Morgan fingerprint density at radius 3 is 2.15 bits per heavy atom. The summed E-state index contributed by atoms with van der Waals surface area (Å²) < 4.78 is 0. The van der Waals surface area contributed by atoms with Crippen molar-refractivity contribution in [1.82, 2.24) is 9.97 Å². The molecule has 0 aliphatic carbocycles. The first-order valence-electron chi connectivity index (χ1n) is 8.87. The Kier molecular flexibility index (Phi) is 2.05. The standard InChI is InChI=1S/C24H12N2/c1-2-8-15-14(7-1)20-21-16-9-3-5-13-6-4-10-17(19(13)16)24(21)26-18-11-12-25-23(15)22(18)20/h1-12H. The topological polar surface area (TPSA) is 25.8 Å². The van der Waals surface area contributed by atoms with Crippen molar-refractivity contribution >= 4 is 65.0 Å². The Bertz CT molecular complexity index is 1620. The molecular formula is C24H12N2. The van der Waals surface area contributed by atoms with Crippen LogP contribution in [0, 0.1) is 0 Å². The minimum atomic E-state index is 1.03. The van der Waals surface area contributed by atoms with Crippen LogP contribution in [0.5, 0.6) is 0 Å². The molecule has 7 aromatic rings. The fourth-order valence-electron chi connectivity index (χ4n) is 4.80. The maximum atomic E-state index is 5.10. The third kappa shape index (κ3) is 1.29. The van der Waals surface area contributed by atoms with Gasteiger partial charge in [-0.05, 0) is 27.6 Å². The highest BCUT2D eigenvalue weighted by molar-refractivity contribution is 6.42. The summed E-state index contributed by atoms with van der Waals surface area (Å²) in [5.41, 5.74) is 3.20. The molecule has 0 radical (unpaired) electrons. The second-order valence-electron chi connectivity index (χ2n) is 7.02. The molecule has 118 valence electrons. The summed E-state index contributed by atoms with van der Waals surface area (Å²) in [5, 5.41) is 11.4. The summed E-state index contributed by atoms with van der Waals surface area (Å²) in [6.07, 6.45) is 1.88. The average molecular weight is 328 g/mol. The third-order valence-corrected chi connectivity index (χ3v) is 5.78. The van der Waals surface area contributed by atoms with Crippen molar-refractivity contribution in [2.45, 2.75) is 0 Å². The molecule has 0 saturated heterocycles. The fraction of sp³-hybridized carbons (Fsp3) is 0. The van der Waals surface area contributed by atoms with Crippen LogP contribution in [-0.4, -0.2) is 9.97 Å². The molecule has 5 aromatic carbocycles. The van der Waals surface area contributed by atoms with Crippen LogP contribution in [-0.2, 0) is 0 Å². The Hall–Kier alpha value is -3.52. The summed E-state index contributed by atoms with van der Waals surface area (Å²) in [6.45, 7) is 0. The van der Waals surface area contributed by atoms with Gasteiger partial charge in [-0.1, -0.05) is 60.7 Å². The number of fused-ring (bicyclic) bond motifs is 7. The van der Waals surface area contributed by atoms with Crippen molar-refractivity contribution in [3.05, 3.63) is 72.9 Å². The summed E-state index contributed by atoms with van der Waals surface area (Å²) in [6, 6.07) is 23.7. The van der Waals surface area contributed by atoms with E-state index in [4.69, 9.17) is 9.97 Å².